The minimum absolute atomic E-state index is 0.0907. The Hall–Kier alpha value is -0.910. The molecule has 1 rings (SSSR count). The zero-order valence-electron chi connectivity index (χ0n) is 13.0. The summed E-state index contributed by atoms with van der Waals surface area (Å²) in [4.78, 5) is 0.332. The smallest absolute Gasteiger partial charge is 0.241 e. The Labute approximate surface area is 122 Å². The van der Waals surface area contributed by atoms with Crippen molar-refractivity contribution in [1.29, 1.82) is 0 Å². The number of nitrogens with two attached hydrogens (primary N) is 1. The summed E-state index contributed by atoms with van der Waals surface area (Å²) < 4.78 is 27.8. The molecule has 0 spiro atoms. The maximum atomic E-state index is 12.5. The van der Waals surface area contributed by atoms with E-state index in [1.165, 1.54) is 0 Å². The molecular weight excluding hydrogens is 272 g/mol. The lowest BCUT2D eigenvalue weighted by Crippen LogP contribution is -2.37. The van der Waals surface area contributed by atoms with Gasteiger partial charge in [-0.05, 0) is 49.4 Å². The number of aryl methyl sites for hydroxylation is 2. The lowest BCUT2D eigenvalue weighted by Gasteiger charge is -2.21. The molecule has 0 heterocycles. The van der Waals surface area contributed by atoms with E-state index in [0.717, 1.165) is 23.1 Å². The number of rotatable bonds is 6. The summed E-state index contributed by atoms with van der Waals surface area (Å²) in [5, 5.41) is 0. The second-order valence-electron chi connectivity index (χ2n) is 5.54. The van der Waals surface area contributed by atoms with Crippen molar-refractivity contribution in [3.05, 3.63) is 28.8 Å². The Bertz CT molecular complexity index is 567. The Morgan fingerprint density at radius 2 is 1.80 bits per heavy atom. The van der Waals surface area contributed by atoms with Crippen LogP contribution in [0.2, 0.25) is 0 Å². The number of hydrogen-bond donors (Lipinski definition) is 2. The van der Waals surface area contributed by atoms with Gasteiger partial charge in [0.2, 0.25) is 10.0 Å². The number of hydrogen-bond acceptors (Lipinski definition) is 3. The van der Waals surface area contributed by atoms with Crippen LogP contribution in [-0.2, 0) is 16.6 Å². The molecule has 1 aromatic rings. The molecule has 2 atom stereocenters. The average Bonchev–Trinajstić information content (AvgIpc) is 2.36. The van der Waals surface area contributed by atoms with E-state index in [0.29, 0.717) is 17.4 Å². The average molecular weight is 298 g/mol. The quantitative estimate of drug-likeness (QED) is 0.847. The van der Waals surface area contributed by atoms with E-state index in [-0.39, 0.29) is 6.04 Å². The van der Waals surface area contributed by atoms with Gasteiger partial charge >= 0.3 is 0 Å². The van der Waals surface area contributed by atoms with Gasteiger partial charge in [0.15, 0.2) is 0 Å². The van der Waals surface area contributed by atoms with E-state index in [1.807, 2.05) is 33.8 Å². The fourth-order valence-electron chi connectivity index (χ4n) is 2.16. The van der Waals surface area contributed by atoms with Gasteiger partial charge in [0, 0.05) is 12.6 Å². The molecule has 0 saturated carbocycles. The maximum absolute atomic E-state index is 12.5. The molecule has 0 saturated heterocycles. The zero-order chi connectivity index (χ0) is 15.5. The van der Waals surface area contributed by atoms with Crippen molar-refractivity contribution in [2.75, 3.05) is 0 Å². The molecule has 0 aromatic heterocycles. The molecule has 0 bridgehead atoms. The molecule has 1 aromatic carbocycles. The van der Waals surface area contributed by atoms with E-state index in [1.54, 1.807) is 6.07 Å². The molecule has 2 unspecified atom stereocenters. The highest BCUT2D eigenvalue weighted by molar-refractivity contribution is 7.89. The molecule has 0 aliphatic rings. The monoisotopic (exact) mass is 298 g/mol. The first-order valence-corrected chi connectivity index (χ1v) is 8.53. The topological polar surface area (TPSA) is 72.2 Å². The fourth-order valence-corrected chi connectivity index (χ4v) is 3.79. The second-order valence-corrected chi connectivity index (χ2v) is 7.23. The van der Waals surface area contributed by atoms with Gasteiger partial charge in [-0.15, -0.1) is 0 Å². The van der Waals surface area contributed by atoms with Gasteiger partial charge in [-0.3, -0.25) is 0 Å². The third-order valence-electron chi connectivity index (χ3n) is 3.98. The molecule has 20 heavy (non-hydrogen) atoms. The molecule has 0 radical (unpaired) electrons. The van der Waals surface area contributed by atoms with Crippen LogP contribution in [0.1, 0.15) is 43.9 Å². The normalized spacial score (nSPS) is 15.1. The minimum atomic E-state index is -3.50. The predicted molar refractivity (Wildman–Crippen MR) is 83.0 cm³/mol. The highest BCUT2D eigenvalue weighted by atomic mass is 32.2. The van der Waals surface area contributed by atoms with Crippen LogP contribution in [0.3, 0.4) is 0 Å². The molecule has 5 heteroatoms. The highest BCUT2D eigenvalue weighted by Crippen LogP contribution is 2.21. The van der Waals surface area contributed by atoms with Gasteiger partial charge in [-0.2, -0.15) is 0 Å². The van der Waals surface area contributed by atoms with E-state index < -0.39 is 10.0 Å². The van der Waals surface area contributed by atoms with Crippen LogP contribution >= 0.6 is 0 Å². The van der Waals surface area contributed by atoms with Crippen LogP contribution in [0.5, 0.6) is 0 Å². The Balaban J connectivity index is 3.16. The van der Waals surface area contributed by atoms with Crippen LogP contribution in [-0.4, -0.2) is 14.5 Å². The molecule has 0 aliphatic carbocycles. The van der Waals surface area contributed by atoms with Crippen molar-refractivity contribution >= 4 is 10.0 Å². The molecule has 114 valence electrons. The van der Waals surface area contributed by atoms with Crippen molar-refractivity contribution in [3.63, 3.8) is 0 Å². The van der Waals surface area contributed by atoms with Gasteiger partial charge in [0.25, 0.3) is 0 Å². The lowest BCUT2D eigenvalue weighted by atomic mass is 10.0. The summed E-state index contributed by atoms with van der Waals surface area (Å²) >= 11 is 0. The van der Waals surface area contributed by atoms with Crippen molar-refractivity contribution in [3.8, 4) is 0 Å². The Kier molecular flexibility index (Phi) is 5.74. The summed E-state index contributed by atoms with van der Waals surface area (Å²) in [5.41, 5.74) is 8.32. The van der Waals surface area contributed by atoms with Gasteiger partial charge < -0.3 is 5.73 Å². The van der Waals surface area contributed by atoms with Crippen molar-refractivity contribution < 1.29 is 8.42 Å². The maximum Gasteiger partial charge on any atom is 0.241 e. The van der Waals surface area contributed by atoms with Gasteiger partial charge in [0.1, 0.15) is 0 Å². The summed E-state index contributed by atoms with van der Waals surface area (Å²) in [6.45, 7) is 10.1. The minimum Gasteiger partial charge on any atom is -0.326 e. The number of nitrogens with one attached hydrogen (secondary N) is 1. The first-order valence-electron chi connectivity index (χ1n) is 7.05. The van der Waals surface area contributed by atoms with E-state index >= 15 is 0 Å². The zero-order valence-corrected chi connectivity index (χ0v) is 13.8. The first-order chi connectivity index (χ1) is 9.22. The molecule has 0 fully saturated rings. The van der Waals surface area contributed by atoms with Crippen molar-refractivity contribution in [1.82, 2.24) is 4.72 Å². The molecular formula is C15H26N2O2S. The third-order valence-corrected chi connectivity index (χ3v) is 5.68. The number of sulfonamides is 1. The van der Waals surface area contributed by atoms with Gasteiger partial charge in [0.05, 0.1) is 4.90 Å². The Morgan fingerprint density at radius 1 is 1.20 bits per heavy atom. The molecule has 0 aliphatic heterocycles. The summed E-state index contributed by atoms with van der Waals surface area (Å²) in [6, 6.07) is 3.48. The second kappa shape index (κ2) is 6.70. The molecule has 0 amide bonds. The number of benzene rings is 1. The van der Waals surface area contributed by atoms with Crippen molar-refractivity contribution in [2.45, 2.75) is 58.5 Å². The lowest BCUT2D eigenvalue weighted by molar-refractivity contribution is 0.434. The Morgan fingerprint density at radius 3 is 2.30 bits per heavy atom. The molecule has 4 nitrogen and oxygen atoms in total. The SMILES string of the molecule is CCC(C)C(C)NS(=O)(=O)c1cc(CN)c(C)cc1C. The largest absolute Gasteiger partial charge is 0.326 e. The van der Waals surface area contributed by atoms with E-state index in [2.05, 4.69) is 11.6 Å². The van der Waals surface area contributed by atoms with Gasteiger partial charge in [-0.25, -0.2) is 13.1 Å². The first kappa shape index (κ1) is 17.1. The van der Waals surface area contributed by atoms with E-state index in [4.69, 9.17) is 5.73 Å². The van der Waals surface area contributed by atoms with E-state index in [9.17, 15) is 8.42 Å². The summed E-state index contributed by atoms with van der Waals surface area (Å²) in [6.07, 6.45) is 0.935. The van der Waals surface area contributed by atoms with Gasteiger partial charge in [-0.1, -0.05) is 26.3 Å². The van der Waals surface area contributed by atoms with Crippen LogP contribution in [0, 0.1) is 19.8 Å². The summed E-state index contributed by atoms with van der Waals surface area (Å²) in [5.74, 6) is 0.296. The van der Waals surface area contributed by atoms with Crippen molar-refractivity contribution in [2.24, 2.45) is 11.7 Å². The van der Waals surface area contributed by atoms with Crippen LogP contribution in [0.4, 0.5) is 0 Å². The third kappa shape index (κ3) is 3.81. The predicted octanol–water partition coefficient (Wildman–Crippen LogP) is 2.48. The van der Waals surface area contributed by atoms with Crippen LogP contribution < -0.4 is 10.5 Å². The van der Waals surface area contributed by atoms with Crippen LogP contribution in [0.15, 0.2) is 17.0 Å². The molecule has 3 N–H and O–H groups in total. The standard InChI is InChI=1S/C15H26N2O2S/c1-6-10(2)13(5)17-20(18,19)15-8-14(9-16)11(3)7-12(15)4/h7-8,10,13,17H,6,9,16H2,1-5H3. The summed E-state index contributed by atoms with van der Waals surface area (Å²) in [7, 11) is -3.50. The van der Waals surface area contributed by atoms with Crippen LogP contribution in [0.25, 0.3) is 0 Å². The highest BCUT2D eigenvalue weighted by Gasteiger charge is 2.22. The fraction of sp³-hybridized carbons (Fsp3) is 0.600.